The summed E-state index contributed by atoms with van der Waals surface area (Å²) in [6.45, 7) is 4.72. The fourth-order valence-electron chi connectivity index (χ4n) is 2.76. The Bertz CT molecular complexity index is 1060. The van der Waals surface area contributed by atoms with Crippen LogP contribution in [0.5, 0.6) is 0 Å². The molecule has 0 aliphatic rings. The van der Waals surface area contributed by atoms with Gasteiger partial charge >= 0.3 is 0 Å². The highest BCUT2D eigenvalue weighted by Gasteiger charge is 2.06. The third-order valence-corrected chi connectivity index (χ3v) is 4.41. The molecule has 31 heavy (non-hydrogen) atoms. The monoisotopic (exact) mass is 416 g/mol. The second-order valence-electron chi connectivity index (χ2n) is 7.58. The van der Waals surface area contributed by atoms with Crippen molar-refractivity contribution in [1.29, 1.82) is 0 Å². The largest absolute Gasteiger partial charge is 0.340 e. The minimum Gasteiger partial charge on any atom is -0.340 e. The maximum absolute atomic E-state index is 12.1. The molecule has 0 atom stereocenters. The minimum atomic E-state index is -0.171. The predicted molar refractivity (Wildman–Crippen MR) is 127 cm³/mol. The fourth-order valence-corrected chi connectivity index (χ4v) is 2.76. The predicted octanol–water partition coefficient (Wildman–Crippen LogP) is 4.64. The quantitative estimate of drug-likeness (QED) is 0.464. The summed E-state index contributed by atoms with van der Waals surface area (Å²) in [6.07, 6.45) is 5.12. The molecule has 0 spiro atoms. The first-order valence-electron chi connectivity index (χ1n) is 10.1. The van der Waals surface area contributed by atoms with Gasteiger partial charge in [-0.1, -0.05) is 29.8 Å². The molecule has 0 aliphatic carbocycles. The van der Waals surface area contributed by atoms with E-state index in [1.807, 2.05) is 80.5 Å². The molecule has 3 N–H and O–H groups in total. The molecule has 3 rings (SSSR count). The van der Waals surface area contributed by atoms with Crippen LogP contribution < -0.4 is 16.0 Å². The van der Waals surface area contributed by atoms with Crippen molar-refractivity contribution < 1.29 is 4.79 Å². The van der Waals surface area contributed by atoms with Crippen molar-refractivity contribution >= 4 is 34.7 Å². The third-order valence-electron chi connectivity index (χ3n) is 4.41. The maximum atomic E-state index is 12.1. The number of anilines is 5. The molecule has 0 saturated heterocycles. The average molecular weight is 417 g/mol. The number of carbonyl (C=O) groups excluding carboxylic acids is 1. The Morgan fingerprint density at radius 2 is 1.74 bits per heavy atom. The number of hydrogen-bond donors (Lipinski definition) is 3. The zero-order valence-corrected chi connectivity index (χ0v) is 18.3. The first-order valence-corrected chi connectivity index (χ1v) is 10.1. The number of likely N-dealkylation sites (N-methyl/N-ethyl adjacent to an activating group) is 1. The van der Waals surface area contributed by atoms with Crippen LogP contribution in [0.1, 0.15) is 11.1 Å². The highest BCUT2D eigenvalue weighted by atomic mass is 16.1. The average Bonchev–Trinajstić information content (AvgIpc) is 2.72. The van der Waals surface area contributed by atoms with Crippen LogP contribution in [-0.2, 0) is 4.79 Å². The first kappa shape index (κ1) is 22.0. The molecule has 1 amide bonds. The highest BCUT2D eigenvalue weighted by molar-refractivity contribution is 5.99. The Morgan fingerprint density at radius 3 is 2.48 bits per heavy atom. The summed E-state index contributed by atoms with van der Waals surface area (Å²) < 4.78 is 0. The van der Waals surface area contributed by atoms with Crippen molar-refractivity contribution in [3.05, 3.63) is 78.0 Å². The van der Waals surface area contributed by atoms with E-state index >= 15 is 0 Å². The third kappa shape index (κ3) is 6.94. The van der Waals surface area contributed by atoms with Crippen molar-refractivity contribution in [2.24, 2.45) is 0 Å². The smallest absolute Gasteiger partial charge is 0.248 e. The van der Waals surface area contributed by atoms with E-state index in [1.165, 1.54) is 11.6 Å². The summed E-state index contributed by atoms with van der Waals surface area (Å²) in [5.41, 5.74) is 4.57. The van der Waals surface area contributed by atoms with Gasteiger partial charge in [-0.15, -0.1) is 0 Å². The van der Waals surface area contributed by atoms with Crippen LogP contribution in [0.4, 0.5) is 28.8 Å². The lowest BCUT2D eigenvalue weighted by molar-refractivity contribution is -0.111. The molecule has 0 bridgehead atoms. The number of aryl methyl sites for hydroxylation is 2. The zero-order valence-electron chi connectivity index (χ0n) is 18.3. The molecule has 0 aliphatic heterocycles. The molecule has 3 aromatic rings. The van der Waals surface area contributed by atoms with Crippen LogP contribution in [0.25, 0.3) is 0 Å². The number of carbonyl (C=O) groups is 1. The van der Waals surface area contributed by atoms with Crippen molar-refractivity contribution in [2.45, 2.75) is 13.8 Å². The lowest BCUT2D eigenvalue weighted by Crippen LogP contribution is -2.13. The normalized spacial score (nSPS) is 11.0. The molecule has 7 nitrogen and oxygen atoms in total. The summed E-state index contributed by atoms with van der Waals surface area (Å²) in [7, 11) is 3.90. The van der Waals surface area contributed by atoms with Gasteiger partial charge < -0.3 is 20.9 Å². The Kier molecular flexibility index (Phi) is 7.35. The number of rotatable bonds is 8. The molecule has 1 heterocycles. The van der Waals surface area contributed by atoms with Gasteiger partial charge in [-0.25, -0.2) is 4.98 Å². The lowest BCUT2D eigenvalue weighted by atomic mass is 10.2. The van der Waals surface area contributed by atoms with E-state index in [4.69, 9.17) is 0 Å². The molecule has 0 saturated carbocycles. The Morgan fingerprint density at radius 1 is 1.00 bits per heavy atom. The number of benzene rings is 2. The van der Waals surface area contributed by atoms with Crippen molar-refractivity contribution in [2.75, 3.05) is 36.6 Å². The first-order chi connectivity index (χ1) is 14.9. The van der Waals surface area contributed by atoms with E-state index in [-0.39, 0.29) is 5.91 Å². The Balaban J connectivity index is 1.68. The molecular formula is C24H28N6O. The molecule has 160 valence electrons. The van der Waals surface area contributed by atoms with Gasteiger partial charge in [0.1, 0.15) is 5.82 Å². The van der Waals surface area contributed by atoms with Gasteiger partial charge in [0, 0.05) is 41.4 Å². The van der Waals surface area contributed by atoms with Crippen molar-refractivity contribution in [3.8, 4) is 0 Å². The van der Waals surface area contributed by atoms with E-state index < -0.39 is 0 Å². The van der Waals surface area contributed by atoms with Crippen LogP contribution in [0, 0.1) is 13.8 Å². The molecule has 2 aromatic carbocycles. The number of aromatic nitrogens is 2. The molecule has 1 aromatic heterocycles. The molecular weight excluding hydrogens is 388 g/mol. The van der Waals surface area contributed by atoms with Gasteiger partial charge in [-0.3, -0.25) is 4.79 Å². The van der Waals surface area contributed by atoms with Gasteiger partial charge in [0.05, 0.1) is 0 Å². The standard InChI is InChI=1S/C24H28N6O/c1-17-10-12-19(13-11-17)27-23-18(2)16-25-24(29-23)28-21-8-5-7-20(15-21)26-22(31)9-6-14-30(3)4/h5-13,15-16H,14H2,1-4H3,(H,26,31)(H2,25,27,28,29)/b9-6+. The number of amides is 1. The second kappa shape index (κ2) is 10.4. The maximum Gasteiger partial charge on any atom is 0.248 e. The summed E-state index contributed by atoms with van der Waals surface area (Å²) in [5.74, 6) is 1.03. The zero-order chi connectivity index (χ0) is 22.2. The van der Waals surface area contributed by atoms with Crippen LogP contribution in [0.2, 0.25) is 0 Å². The Hall–Kier alpha value is -3.71. The van der Waals surface area contributed by atoms with Gasteiger partial charge in [0.25, 0.3) is 0 Å². The SMILES string of the molecule is Cc1ccc(Nc2nc(Nc3cccc(NC(=O)/C=C/CN(C)C)c3)ncc2C)cc1. The van der Waals surface area contributed by atoms with Crippen LogP contribution in [0.15, 0.2) is 66.9 Å². The molecule has 7 heteroatoms. The lowest BCUT2D eigenvalue weighted by Gasteiger charge is -2.12. The fraction of sp³-hybridized carbons (Fsp3) is 0.208. The minimum absolute atomic E-state index is 0.171. The topological polar surface area (TPSA) is 82.2 Å². The highest BCUT2D eigenvalue weighted by Crippen LogP contribution is 2.22. The van der Waals surface area contributed by atoms with Crippen LogP contribution in [-0.4, -0.2) is 41.4 Å². The number of hydrogen-bond acceptors (Lipinski definition) is 6. The van der Waals surface area contributed by atoms with Gasteiger partial charge in [-0.2, -0.15) is 4.98 Å². The summed E-state index contributed by atoms with van der Waals surface area (Å²) >= 11 is 0. The molecule has 0 unspecified atom stereocenters. The van der Waals surface area contributed by atoms with E-state index in [2.05, 4.69) is 32.8 Å². The van der Waals surface area contributed by atoms with E-state index in [1.54, 1.807) is 6.20 Å². The molecule has 0 fully saturated rings. The van der Waals surface area contributed by atoms with Crippen LogP contribution >= 0.6 is 0 Å². The number of nitrogens with one attached hydrogen (secondary N) is 3. The van der Waals surface area contributed by atoms with E-state index in [9.17, 15) is 4.79 Å². The van der Waals surface area contributed by atoms with Crippen LogP contribution in [0.3, 0.4) is 0 Å². The van der Waals surface area contributed by atoms with E-state index in [0.717, 1.165) is 22.8 Å². The van der Waals surface area contributed by atoms with Gasteiger partial charge in [0.15, 0.2) is 0 Å². The second-order valence-corrected chi connectivity index (χ2v) is 7.58. The number of nitrogens with zero attached hydrogens (tertiary/aromatic N) is 3. The summed E-state index contributed by atoms with van der Waals surface area (Å²) in [6, 6.07) is 15.6. The van der Waals surface area contributed by atoms with Gasteiger partial charge in [-0.05, 0) is 58.3 Å². The van der Waals surface area contributed by atoms with E-state index in [0.29, 0.717) is 18.2 Å². The van der Waals surface area contributed by atoms with Crippen molar-refractivity contribution in [1.82, 2.24) is 14.9 Å². The summed E-state index contributed by atoms with van der Waals surface area (Å²) in [4.78, 5) is 23.0. The van der Waals surface area contributed by atoms with Crippen molar-refractivity contribution in [3.63, 3.8) is 0 Å². The van der Waals surface area contributed by atoms with Gasteiger partial charge in [0.2, 0.25) is 11.9 Å². The summed E-state index contributed by atoms with van der Waals surface area (Å²) in [5, 5.41) is 9.39. The molecule has 0 radical (unpaired) electrons. The Labute approximate surface area is 183 Å².